The number of hydrogen-bond donors (Lipinski definition) is 3. The summed E-state index contributed by atoms with van der Waals surface area (Å²) < 4.78 is 31.8. The van der Waals surface area contributed by atoms with Crippen LogP contribution in [-0.4, -0.2) is 35.3 Å². The molecule has 158 valence electrons. The van der Waals surface area contributed by atoms with Gasteiger partial charge in [-0.05, 0) is 42.0 Å². The molecule has 1 aliphatic heterocycles. The lowest BCUT2D eigenvalue weighted by Crippen LogP contribution is -2.46. The smallest absolute Gasteiger partial charge is 0.407 e. The van der Waals surface area contributed by atoms with E-state index >= 15 is 0 Å². The summed E-state index contributed by atoms with van der Waals surface area (Å²) in [6.45, 7) is -0.226. The van der Waals surface area contributed by atoms with Crippen molar-refractivity contribution >= 4 is 35.2 Å². The molecule has 1 heterocycles. The topological polar surface area (TPSA) is 122 Å². The molecule has 1 atom stereocenters. The Morgan fingerprint density at radius 1 is 1.27 bits per heavy atom. The Balaban J connectivity index is 1.67. The maximum atomic E-state index is 13.6. The molecule has 4 N–H and O–H groups in total. The first-order valence-electron chi connectivity index (χ1n) is 8.64. The third-order valence-corrected chi connectivity index (χ3v) is 4.62. The highest BCUT2D eigenvalue weighted by Gasteiger charge is 2.49. The van der Waals surface area contributed by atoms with Crippen LogP contribution in [0.15, 0.2) is 36.4 Å². The van der Waals surface area contributed by atoms with Gasteiger partial charge in [0.15, 0.2) is 0 Å². The summed E-state index contributed by atoms with van der Waals surface area (Å²) in [5.74, 6) is -5.92. The lowest BCUT2D eigenvalue weighted by Gasteiger charge is -2.22. The van der Waals surface area contributed by atoms with E-state index in [9.17, 15) is 28.3 Å². The molecule has 2 aromatic carbocycles. The summed E-state index contributed by atoms with van der Waals surface area (Å²) in [5, 5.41) is 12.9. The van der Waals surface area contributed by atoms with Crippen molar-refractivity contribution in [1.29, 1.82) is 0 Å². The number of carbonyl (C=O) groups is 3. The molecular weight excluding hydrogens is 424 g/mol. The van der Waals surface area contributed by atoms with Crippen molar-refractivity contribution in [3.63, 3.8) is 0 Å². The normalized spacial score (nSPS) is 18.4. The summed E-state index contributed by atoms with van der Waals surface area (Å²) in [7, 11) is 0. The van der Waals surface area contributed by atoms with E-state index in [4.69, 9.17) is 22.1 Å². The Bertz CT molecular complexity index is 1010. The summed E-state index contributed by atoms with van der Waals surface area (Å²) in [5.41, 5.74) is 5.11. The monoisotopic (exact) mass is 439 g/mol. The van der Waals surface area contributed by atoms with Crippen molar-refractivity contribution in [3.8, 4) is 0 Å². The van der Waals surface area contributed by atoms with Gasteiger partial charge in [-0.25, -0.2) is 13.6 Å². The van der Waals surface area contributed by atoms with Crippen molar-refractivity contribution in [1.82, 2.24) is 5.32 Å². The number of carbonyl (C=O) groups excluding carboxylic acids is 3. The Kier molecular flexibility index (Phi) is 5.90. The summed E-state index contributed by atoms with van der Waals surface area (Å²) in [6.07, 6.45) is -1.39. The van der Waals surface area contributed by atoms with E-state index in [1.54, 1.807) is 0 Å². The van der Waals surface area contributed by atoms with Gasteiger partial charge in [0.2, 0.25) is 0 Å². The van der Waals surface area contributed by atoms with E-state index in [0.29, 0.717) is 5.56 Å². The predicted molar refractivity (Wildman–Crippen MR) is 102 cm³/mol. The van der Waals surface area contributed by atoms with Crippen molar-refractivity contribution in [2.75, 3.05) is 11.4 Å². The Labute approximate surface area is 174 Å². The highest BCUT2D eigenvalue weighted by molar-refractivity contribution is 6.30. The van der Waals surface area contributed by atoms with Crippen LogP contribution in [0.2, 0.25) is 5.02 Å². The van der Waals surface area contributed by atoms with Crippen LogP contribution in [0.1, 0.15) is 22.3 Å². The highest BCUT2D eigenvalue weighted by Crippen LogP contribution is 2.30. The third-order valence-electron chi connectivity index (χ3n) is 4.40. The van der Waals surface area contributed by atoms with Crippen molar-refractivity contribution in [2.45, 2.75) is 18.8 Å². The first-order valence-corrected chi connectivity index (χ1v) is 9.02. The number of aliphatic hydroxyl groups is 1. The molecule has 0 spiro atoms. The average molecular weight is 440 g/mol. The molecule has 11 heteroatoms. The number of ether oxygens (including phenoxy) is 1. The molecule has 2 aromatic rings. The predicted octanol–water partition coefficient (Wildman–Crippen LogP) is 2.07. The number of halogens is 3. The SMILES string of the molecule is NC(=O)c1cc(N2CCC(O)(OC(=O)NCc3cc(F)cc(Cl)c3)C2=O)ccc1F. The molecule has 0 saturated carbocycles. The first-order chi connectivity index (χ1) is 14.1. The standard InChI is InChI=1S/C19H16ClF2N3O5/c20-11-5-10(6-12(21)7-11)9-24-18(28)30-19(29)3-4-25(17(19)27)13-1-2-15(22)14(8-13)16(23)26/h1-2,5-8,29H,3-4,9H2,(H2,23,26)(H,24,28). The van der Waals surface area contributed by atoms with Gasteiger partial charge in [-0.1, -0.05) is 11.6 Å². The van der Waals surface area contributed by atoms with Gasteiger partial charge in [-0.3, -0.25) is 9.59 Å². The largest absolute Gasteiger partial charge is 0.410 e. The Morgan fingerprint density at radius 3 is 2.67 bits per heavy atom. The number of nitrogens with zero attached hydrogens (tertiary/aromatic N) is 1. The van der Waals surface area contributed by atoms with E-state index < -0.39 is 40.9 Å². The average Bonchev–Trinajstić information content (AvgIpc) is 2.94. The molecule has 8 nitrogen and oxygen atoms in total. The molecule has 1 fully saturated rings. The van der Waals surface area contributed by atoms with Gasteiger partial charge in [0, 0.05) is 30.2 Å². The molecule has 0 radical (unpaired) electrons. The van der Waals surface area contributed by atoms with Gasteiger partial charge in [0.1, 0.15) is 11.6 Å². The van der Waals surface area contributed by atoms with E-state index in [1.807, 2.05) is 0 Å². The summed E-state index contributed by atoms with van der Waals surface area (Å²) >= 11 is 5.73. The quantitative estimate of drug-likeness (QED) is 0.616. The van der Waals surface area contributed by atoms with E-state index in [2.05, 4.69) is 5.32 Å². The van der Waals surface area contributed by atoms with Crippen LogP contribution in [0.3, 0.4) is 0 Å². The fraction of sp³-hybridized carbons (Fsp3) is 0.211. The molecule has 30 heavy (non-hydrogen) atoms. The minimum Gasteiger partial charge on any atom is -0.407 e. The Morgan fingerprint density at radius 2 is 2.00 bits per heavy atom. The molecular formula is C19H16ClF2N3O5. The molecule has 1 unspecified atom stereocenters. The first kappa shape index (κ1) is 21.5. The lowest BCUT2D eigenvalue weighted by atomic mass is 10.1. The Hall–Kier alpha value is -3.24. The van der Waals surface area contributed by atoms with Gasteiger partial charge in [-0.2, -0.15) is 0 Å². The van der Waals surface area contributed by atoms with Gasteiger partial charge in [0.05, 0.1) is 5.56 Å². The number of anilines is 1. The van der Waals surface area contributed by atoms with E-state index in [0.717, 1.165) is 29.2 Å². The van der Waals surface area contributed by atoms with Crippen LogP contribution in [-0.2, 0) is 16.1 Å². The fourth-order valence-corrected chi connectivity index (χ4v) is 3.21. The van der Waals surface area contributed by atoms with Gasteiger partial charge < -0.3 is 25.8 Å². The second-order valence-corrected chi connectivity index (χ2v) is 6.98. The van der Waals surface area contributed by atoms with Crippen molar-refractivity contribution < 1.29 is 33.0 Å². The van der Waals surface area contributed by atoms with Crippen LogP contribution in [0, 0.1) is 11.6 Å². The minimum absolute atomic E-state index is 0.0635. The molecule has 0 bridgehead atoms. The molecule has 3 rings (SSSR count). The second-order valence-electron chi connectivity index (χ2n) is 6.54. The number of primary amides is 1. The minimum atomic E-state index is -2.47. The molecule has 3 amide bonds. The zero-order chi connectivity index (χ0) is 22.1. The van der Waals surface area contributed by atoms with Gasteiger partial charge in [0.25, 0.3) is 17.6 Å². The fourth-order valence-electron chi connectivity index (χ4n) is 2.97. The molecule has 0 aromatic heterocycles. The number of hydrogen-bond acceptors (Lipinski definition) is 5. The lowest BCUT2D eigenvalue weighted by molar-refractivity contribution is -0.175. The van der Waals surface area contributed by atoms with Crippen molar-refractivity contribution in [2.24, 2.45) is 5.73 Å². The van der Waals surface area contributed by atoms with Crippen LogP contribution in [0.4, 0.5) is 19.3 Å². The highest BCUT2D eigenvalue weighted by atomic mass is 35.5. The molecule has 0 aliphatic carbocycles. The number of amides is 3. The van der Waals surface area contributed by atoms with E-state index in [-0.39, 0.29) is 30.2 Å². The zero-order valence-electron chi connectivity index (χ0n) is 15.3. The summed E-state index contributed by atoms with van der Waals surface area (Å²) in [4.78, 5) is 36.9. The number of rotatable bonds is 5. The number of nitrogens with two attached hydrogens (primary N) is 1. The second kappa shape index (κ2) is 8.25. The van der Waals surface area contributed by atoms with Gasteiger partial charge >= 0.3 is 6.09 Å². The molecule has 1 aliphatic rings. The number of nitrogens with one attached hydrogen (secondary N) is 1. The summed E-state index contributed by atoms with van der Waals surface area (Å²) in [6, 6.07) is 6.91. The number of alkyl carbamates (subject to hydrolysis) is 1. The number of benzene rings is 2. The van der Waals surface area contributed by atoms with Crippen LogP contribution in [0.5, 0.6) is 0 Å². The van der Waals surface area contributed by atoms with Gasteiger partial charge in [-0.15, -0.1) is 0 Å². The van der Waals surface area contributed by atoms with Crippen molar-refractivity contribution in [3.05, 3.63) is 64.2 Å². The third kappa shape index (κ3) is 4.50. The van der Waals surface area contributed by atoms with Crippen LogP contribution < -0.4 is 16.0 Å². The van der Waals surface area contributed by atoms with Crippen LogP contribution >= 0.6 is 11.6 Å². The van der Waals surface area contributed by atoms with E-state index in [1.165, 1.54) is 12.1 Å². The maximum Gasteiger partial charge on any atom is 0.410 e. The zero-order valence-corrected chi connectivity index (χ0v) is 16.1. The molecule has 1 saturated heterocycles. The maximum absolute atomic E-state index is 13.6. The van der Waals surface area contributed by atoms with Crippen LogP contribution in [0.25, 0.3) is 0 Å².